The number of ether oxygens (including phenoxy) is 4. The van der Waals surface area contributed by atoms with Gasteiger partial charge in [0.15, 0.2) is 0 Å². The van der Waals surface area contributed by atoms with E-state index < -0.39 is 41.5 Å². The fourth-order valence-corrected chi connectivity index (χ4v) is 3.95. The maximum Gasteiger partial charge on any atom is 0.341 e. The molecule has 2 heterocycles. The molecule has 31 heavy (non-hydrogen) atoms. The van der Waals surface area contributed by atoms with Crippen molar-refractivity contribution in [3.05, 3.63) is 52.6 Å². The Morgan fingerprint density at radius 2 is 1.77 bits per heavy atom. The zero-order chi connectivity index (χ0) is 22.9. The Morgan fingerprint density at radius 1 is 1.10 bits per heavy atom. The van der Waals surface area contributed by atoms with Crippen molar-refractivity contribution in [2.45, 2.75) is 18.8 Å². The van der Waals surface area contributed by atoms with Crippen LogP contribution in [-0.4, -0.2) is 51.7 Å². The number of carbonyl (C=O) groups excluding carboxylic acids is 4. The van der Waals surface area contributed by atoms with Gasteiger partial charge in [-0.25, -0.2) is 9.59 Å². The van der Waals surface area contributed by atoms with Crippen LogP contribution < -0.4 is 10.6 Å². The summed E-state index contributed by atoms with van der Waals surface area (Å²) < 4.78 is 20.3. The second-order valence-corrected chi connectivity index (χ2v) is 6.74. The second kappa shape index (κ2) is 8.13. The number of amides is 1. The molecule has 2 aliphatic heterocycles. The van der Waals surface area contributed by atoms with Gasteiger partial charge in [-0.1, -0.05) is 18.2 Å². The first kappa shape index (κ1) is 21.9. The molecule has 0 fully saturated rings. The standard InChI is InChI=1S/C21H22N2O8/c1-5-30-19(26)16-17(22)31-13(10-14(24)28-3)15(18(25)29-4)21(16)11-8-6-7-9-12(11)23(2)20(21)27/h6-9H,5,10,22H2,1-4H3. The predicted octanol–water partition coefficient (Wildman–Crippen LogP) is 0.655. The van der Waals surface area contributed by atoms with Gasteiger partial charge in [-0.15, -0.1) is 0 Å². The molecule has 1 atom stereocenters. The lowest BCUT2D eigenvalue weighted by atomic mass is 9.67. The van der Waals surface area contributed by atoms with Gasteiger partial charge in [-0.2, -0.15) is 0 Å². The molecule has 1 spiro atoms. The molecule has 3 rings (SSSR count). The molecule has 0 saturated carbocycles. The highest BCUT2D eigenvalue weighted by Crippen LogP contribution is 2.54. The maximum absolute atomic E-state index is 13.8. The minimum absolute atomic E-state index is 0.0103. The number of benzene rings is 1. The van der Waals surface area contributed by atoms with E-state index in [1.54, 1.807) is 31.2 Å². The highest BCUT2D eigenvalue weighted by molar-refractivity contribution is 6.22. The topological polar surface area (TPSA) is 134 Å². The number of nitrogens with two attached hydrogens (primary N) is 1. The summed E-state index contributed by atoms with van der Waals surface area (Å²) in [5.41, 5.74) is 4.13. The number of hydrogen-bond donors (Lipinski definition) is 1. The van der Waals surface area contributed by atoms with Crippen molar-refractivity contribution in [2.75, 3.05) is 32.8 Å². The average Bonchev–Trinajstić information content (AvgIpc) is 2.96. The molecular formula is C21H22N2O8. The largest absolute Gasteiger partial charge is 0.469 e. The van der Waals surface area contributed by atoms with E-state index in [0.717, 1.165) is 14.2 Å². The first-order chi connectivity index (χ1) is 14.7. The molecule has 1 aromatic carbocycles. The molecule has 1 amide bonds. The summed E-state index contributed by atoms with van der Waals surface area (Å²) in [6.45, 7) is 1.57. The van der Waals surface area contributed by atoms with Gasteiger partial charge in [0.2, 0.25) is 11.8 Å². The minimum atomic E-state index is -2.02. The Kier molecular flexibility index (Phi) is 5.74. The monoisotopic (exact) mass is 430 g/mol. The Balaban J connectivity index is 2.45. The van der Waals surface area contributed by atoms with Crippen LogP contribution >= 0.6 is 0 Å². The second-order valence-electron chi connectivity index (χ2n) is 6.74. The lowest BCUT2D eigenvalue weighted by Gasteiger charge is -2.36. The van der Waals surface area contributed by atoms with Gasteiger partial charge in [-0.3, -0.25) is 9.59 Å². The molecule has 0 aliphatic carbocycles. The maximum atomic E-state index is 13.8. The van der Waals surface area contributed by atoms with Gasteiger partial charge < -0.3 is 29.6 Å². The summed E-state index contributed by atoms with van der Waals surface area (Å²) in [5.74, 6) is -3.99. The van der Waals surface area contributed by atoms with Crippen molar-refractivity contribution in [1.29, 1.82) is 0 Å². The fourth-order valence-electron chi connectivity index (χ4n) is 3.95. The Morgan fingerprint density at radius 3 is 2.39 bits per heavy atom. The molecular weight excluding hydrogens is 408 g/mol. The highest BCUT2D eigenvalue weighted by Gasteiger charge is 2.63. The number of hydrogen-bond acceptors (Lipinski definition) is 9. The molecule has 0 aromatic heterocycles. The normalized spacial score (nSPS) is 19.9. The summed E-state index contributed by atoms with van der Waals surface area (Å²) in [6, 6.07) is 6.60. The molecule has 164 valence electrons. The van der Waals surface area contributed by atoms with Crippen molar-refractivity contribution < 1.29 is 38.1 Å². The zero-order valence-electron chi connectivity index (χ0n) is 17.5. The molecule has 0 bridgehead atoms. The molecule has 2 N–H and O–H groups in total. The van der Waals surface area contributed by atoms with Gasteiger partial charge in [0.05, 0.1) is 20.8 Å². The van der Waals surface area contributed by atoms with Crippen LogP contribution in [0.15, 0.2) is 47.1 Å². The number of methoxy groups -OCH3 is 2. The first-order valence-corrected chi connectivity index (χ1v) is 9.37. The van der Waals surface area contributed by atoms with Crippen molar-refractivity contribution in [2.24, 2.45) is 5.73 Å². The average molecular weight is 430 g/mol. The zero-order valence-corrected chi connectivity index (χ0v) is 17.5. The van der Waals surface area contributed by atoms with E-state index >= 15 is 0 Å². The summed E-state index contributed by atoms with van der Waals surface area (Å²) in [6.07, 6.45) is -0.515. The van der Waals surface area contributed by atoms with Gasteiger partial charge in [0, 0.05) is 18.3 Å². The van der Waals surface area contributed by atoms with Crippen LogP contribution in [0.2, 0.25) is 0 Å². The number of para-hydroxylation sites is 1. The summed E-state index contributed by atoms with van der Waals surface area (Å²) in [5, 5.41) is 0. The number of carbonyl (C=O) groups is 4. The van der Waals surface area contributed by atoms with E-state index in [1.165, 1.54) is 11.9 Å². The fraction of sp³-hybridized carbons (Fsp3) is 0.333. The minimum Gasteiger partial charge on any atom is -0.469 e. The van der Waals surface area contributed by atoms with Crippen LogP contribution in [0.3, 0.4) is 0 Å². The van der Waals surface area contributed by atoms with E-state index in [1.807, 2.05) is 0 Å². The number of fused-ring (bicyclic) bond motifs is 2. The SMILES string of the molecule is CCOC(=O)C1=C(N)OC(CC(=O)OC)=C(C(=O)OC)C12C(=O)N(C)c1ccccc12. The Bertz CT molecular complexity index is 1040. The third-order valence-electron chi connectivity index (χ3n) is 5.20. The number of anilines is 1. The summed E-state index contributed by atoms with van der Waals surface area (Å²) in [4.78, 5) is 53.1. The van der Waals surface area contributed by atoms with Crippen LogP contribution in [-0.2, 0) is 43.5 Å². The molecule has 0 radical (unpaired) electrons. The van der Waals surface area contributed by atoms with E-state index in [-0.39, 0.29) is 23.5 Å². The van der Waals surface area contributed by atoms with Crippen LogP contribution in [0.5, 0.6) is 0 Å². The van der Waals surface area contributed by atoms with Gasteiger partial charge in [0.25, 0.3) is 0 Å². The summed E-state index contributed by atoms with van der Waals surface area (Å²) >= 11 is 0. The van der Waals surface area contributed by atoms with Gasteiger partial charge in [0.1, 0.15) is 28.7 Å². The van der Waals surface area contributed by atoms with Crippen molar-refractivity contribution in [1.82, 2.24) is 0 Å². The van der Waals surface area contributed by atoms with E-state index in [0.29, 0.717) is 11.3 Å². The lowest BCUT2D eigenvalue weighted by Crippen LogP contribution is -2.50. The van der Waals surface area contributed by atoms with Crippen LogP contribution in [0.4, 0.5) is 5.69 Å². The van der Waals surface area contributed by atoms with Crippen molar-refractivity contribution in [3.8, 4) is 0 Å². The predicted molar refractivity (Wildman–Crippen MR) is 106 cm³/mol. The van der Waals surface area contributed by atoms with E-state index in [2.05, 4.69) is 4.74 Å². The molecule has 1 aromatic rings. The van der Waals surface area contributed by atoms with Gasteiger partial charge >= 0.3 is 17.9 Å². The van der Waals surface area contributed by atoms with Crippen molar-refractivity contribution >= 4 is 29.5 Å². The number of nitrogens with zero attached hydrogens (tertiary/aromatic N) is 1. The Labute approximate surface area is 178 Å². The number of esters is 3. The first-order valence-electron chi connectivity index (χ1n) is 9.37. The highest BCUT2D eigenvalue weighted by atomic mass is 16.5. The summed E-state index contributed by atoms with van der Waals surface area (Å²) in [7, 11) is 3.77. The third-order valence-corrected chi connectivity index (χ3v) is 5.20. The Hall–Kier alpha value is -3.82. The van der Waals surface area contributed by atoms with Crippen LogP contribution in [0.1, 0.15) is 18.9 Å². The number of likely N-dealkylation sites (N-methyl/N-ethyl adjacent to an activating group) is 1. The molecule has 0 saturated heterocycles. The molecule has 2 aliphatic rings. The smallest absolute Gasteiger partial charge is 0.341 e. The van der Waals surface area contributed by atoms with E-state index in [9.17, 15) is 19.2 Å². The quantitative estimate of drug-likeness (QED) is 0.528. The third kappa shape index (κ3) is 3.11. The van der Waals surface area contributed by atoms with Crippen LogP contribution in [0.25, 0.3) is 0 Å². The molecule has 10 heteroatoms. The van der Waals surface area contributed by atoms with Gasteiger partial charge in [-0.05, 0) is 13.0 Å². The van der Waals surface area contributed by atoms with Crippen molar-refractivity contribution in [3.63, 3.8) is 0 Å². The van der Waals surface area contributed by atoms with E-state index in [4.69, 9.17) is 19.9 Å². The number of rotatable bonds is 5. The molecule has 10 nitrogen and oxygen atoms in total. The lowest BCUT2D eigenvalue weighted by molar-refractivity contribution is -0.142. The molecule has 1 unspecified atom stereocenters. The van der Waals surface area contributed by atoms with Crippen LogP contribution in [0, 0.1) is 0 Å².